The lowest BCUT2D eigenvalue weighted by molar-refractivity contribution is -0.132. The Balaban J connectivity index is 1.64. The molecule has 1 saturated heterocycles. The number of phenolic OH excluding ortho intramolecular Hbond substituents is 1. The predicted molar refractivity (Wildman–Crippen MR) is 140 cm³/mol. The molecule has 194 valence electrons. The van der Waals surface area contributed by atoms with Crippen LogP contribution in [0.1, 0.15) is 45.0 Å². The lowest BCUT2D eigenvalue weighted by Crippen LogP contribution is -2.29. The molecule has 0 spiro atoms. The minimum atomic E-state index is -1.05. The maximum Gasteiger partial charge on any atom is 0.350 e. The molecule has 0 radical (unpaired) electrons. The third kappa shape index (κ3) is 4.32. The van der Waals surface area contributed by atoms with Crippen LogP contribution in [0.25, 0.3) is 5.76 Å². The molecule has 1 aromatic heterocycles. The Morgan fingerprint density at radius 3 is 2.71 bits per heavy atom. The molecule has 5 rings (SSSR count). The Hall–Kier alpha value is -4.44. The minimum absolute atomic E-state index is 0.00390. The number of fused-ring (bicyclic) bond motifs is 1. The number of carbonyl (C=O) groups excluding carboxylic acids is 3. The summed E-state index contributed by atoms with van der Waals surface area (Å²) < 4.78 is 10.9. The normalized spacial score (nSPS) is 19.8. The van der Waals surface area contributed by atoms with Crippen molar-refractivity contribution in [2.45, 2.75) is 32.4 Å². The second kappa shape index (κ2) is 9.79. The van der Waals surface area contributed by atoms with Crippen LogP contribution in [0.2, 0.25) is 0 Å². The molecule has 3 heterocycles. The van der Waals surface area contributed by atoms with E-state index < -0.39 is 23.7 Å². The van der Waals surface area contributed by atoms with Gasteiger partial charge in [0.05, 0.1) is 17.3 Å². The summed E-state index contributed by atoms with van der Waals surface area (Å²) in [5.74, 6) is -2.06. The van der Waals surface area contributed by atoms with Crippen LogP contribution in [-0.2, 0) is 20.7 Å². The van der Waals surface area contributed by atoms with Gasteiger partial charge in [0.2, 0.25) is 0 Å². The van der Waals surface area contributed by atoms with Crippen molar-refractivity contribution in [2.75, 3.05) is 11.5 Å². The maximum atomic E-state index is 13.4. The molecule has 38 heavy (non-hydrogen) atoms. The number of hydrogen-bond acceptors (Lipinski definition) is 9. The fraction of sp³-hybridized carbons (Fsp3) is 0.214. The fourth-order valence-electron chi connectivity index (χ4n) is 4.60. The number of esters is 1. The number of thiazole rings is 1. The molecule has 0 saturated carbocycles. The standard InChI is InChI=1S/C28H24N2O7S/c1-4-11-36-27(35)25-15(3)29-28(38-25)30-22(16-5-8-19(31)9-6-16)21(24(33)26(30)34)23(32)17-7-10-20-18(13-17)12-14(2)37-20/h4-10,13-14,22,31-32H,1,11-12H2,2-3H3/b23-21+. The second-order valence-corrected chi connectivity index (χ2v) is 9.99. The minimum Gasteiger partial charge on any atom is -0.508 e. The van der Waals surface area contributed by atoms with Crippen LogP contribution in [0.3, 0.4) is 0 Å². The van der Waals surface area contributed by atoms with E-state index in [1.54, 1.807) is 37.3 Å². The third-order valence-corrected chi connectivity index (χ3v) is 7.47. The van der Waals surface area contributed by atoms with Crippen LogP contribution in [-0.4, -0.2) is 45.6 Å². The first-order valence-electron chi connectivity index (χ1n) is 11.8. The highest BCUT2D eigenvalue weighted by Gasteiger charge is 2.48. The Morgan fingerprint density at radius 1 is 1.26 bits per heavy atom. The van der Waals surface area contributed by atoms with Crippen LogP contribution >= 0.6 is 11.3 Å². The van der Waals surface area contributed by atoms with Gasteiger partial charge in [0.1, 0.15) is 34.8 Å². The van der Waals surface area contributed by atoms with Crippen molar-refractivity contribution in [1.82, 2.24) is 4.98 Å². The molecular weight excluding hydrogens is 508 g/mol. The van der Waals surface area contributed by atoms with E-state index in [9.17, 15) is 24.6 Å². The van der Waals surface area contributed by atoms with Gasteiger partial charge in [-0.2, -0.15) is 0 Å². The summed E-state index contributed by atoms with van der Waals surface area (Å²) in [6, 6.07) is 10.0. The predicted octanol–water partition coefficient (Wildman–Crippen LogP) is 4.45. The molecule has 2 aromatic carbocycles. The number of rotatable bonds is 6. The van der Waals surface area contributed by atoms with E-state index in [-0.39, 0.29) is 39.8 Å². The Labute approximate surface area is 222 Å². The zero-order valence-corrected chi connectivity index (χ0v) is 21.4. The highest BCUT2D eigenvalue weighted by Crippen LogP contribution is 2.44. The number of Topliss-reactive ketones (excluding diaryl/α,β-unsaturated/α-hetero) is 1. The SMILES string of the molecule is C=CCOC(=O)c1sc(N2C(=O)C(=O)/C(=C(/O)c3ccc4c(c3)CC(C)O4)C2c2ccc(O)cc2)nc1C. The van der Waals surface area contributed by atoms with E-state index >= 15 is 0 Å². The number of nitrogens with zero attached hydrogens (tertiary/aromatic N) is 2. The molecule has 2 unspecified atom stereocenters. The summed E-state index contributed by atoms with van der Waals surface area (Å²) in [4.78, 5) is 45.0. The fourth-order valence-corrected chi connectivity index (χ4v) is 5.59. The summed E-state index contributed by atoms with van der Waals surface area (Å²) >= 11 is 0.912. The zero-order chi connectivity index (χ0) is 27.1. The topological polar surface area (TPSA) is 126 Å². The van der Waals surface area contributed by atoms with Gasteiger partial charge < -0.3 is 19.7 Å². The maximum absolute atomic E-state index is 13.4. The first-order valence-corrected chi connectivity index (χ1v) is 12.7. The first-order chi connectivity index (χ1) is 18.2. The van der Waals surface area contributed by atoms with Gasteiger partial charge in [0.15, 0.2) is 5.13 Å². The van der Waals surface area contributed by atoms with Crippen molar-refractivity contribution in [2.24, 2.45) is 0 Å². The Kier molecular flexibility index (Phi) is 6.50. The van der Waals surface area contributed by atoms with Crippen LogP contribution in [0.4, 0.5) is 5.13 Å². The number of ketones is 1. The van der Waals surface area contributed by atoms with Gasteiger partial charge >= 0.3 is 11.9 Å². The average Bonchev–Trinajstić information content (AvgIpc) is 3.54. The number of aliphatic hydroxyl groups is 1. The highest BCUT2D eigenvalue weighted by atomic mass is 32.1. The van der Waals surface area contributed by atoms with E-state index in [0.29, 0.717) is 29.0 Å². The monoisotopic (exact) mass is 532 g/mol. The Morgan fingerprint density at radius 2 is 2.00 bits per heavy atom. The quantitative estimate of drug-likeness (QED) is 0.157. The number of aliphatic hydroxyl groups excluding tert-OH is 1. The number of amides is 1. The first kappa shape index (κ1) is 25.2. The number of aromatic nitrogens is 1. The molecule has 1 fully saturated rings. The van der Waals surface area contributed by atoms with Gasteiger partial charge in [0.25, 0.3) is 5.78 Å². The number of hydrogen-bond donors (Lipinski definition) is 2. The van der Waals surface area contributed by atoms with E-state index in [1.807, 2.05) is 6.92 Å². The molecule has 2 aliphatic rings. The molecule has 2 N–H and O–H groups in total. The molecule has 10 heteroatoms. The summed E-state index contributed by atoms with van der Waals surface area (Å²) in [6.45, 7) is 7.07. The highest BCUT2D eigenvalue weighted by molar-refractivity contribution is 7.17. The van der Waals surface area contributed by atoms with Crippen molar-refractivity contribution in [3.63, 3.8) is 0 Å². The molecule has 3 aromatic rings. The van der Waals surface area contributed by atoms with Gasteiger partial charge in [-0.3, -0.25) is 14.5 Å². The lowest BCUT2D eigenvalue weighted by atomic mass is 9.94. The number of phenols is 1. The number of aryl methyl sites for hydroxylation is 1. The number of aromatic hydroxyl groups is 1. The van der Waals surface area contributed by atoms with E-state index in [1.165, 1.54) is 23.1 Å². The lowest BCUT2D eigenvalue weighted by Gasteiger charge is -2.23. The van der Waals surface area contributed by atoms with E-state index in [2.05, 4.69) is 11.6 Å². The number of ether oxygens (including phenoxy) is 2. The van der Waals surface area contributed by atoms with E-state index in [0.717, 1.165) is 16.9 Å². The van der Waals surface area contributed by atoms with Crippen LogP contribution < -0.4 is 9.64 Å². The molecule has 2 aliphatic heterocycles. The van der Waals surface area contributed by atoms with Gasteiger partial charge in [-0.05, 0) is 55.3 Å². The smallest absolute Gasteiger partial charge is 0.350 e. The molecule has 9 nitrogen and oxygen atoms in total. The van der Waals surface area contributed by atoms with Gasteiger partial charge in [-0.15, -0.1) is 0 Å². The Bertz CT molecular complexity index is 1510. The van der Waals surface area contributed by atoms with Gasteiger partial charge in [-0.1, -0.05) is 36.1 Å². The average molecular weight is 533 g/mol. The third-order valence-electron chi connectivity index (χ3n) is 6.33. The van der Waals surface area contributed by atoms with Crippen molar-refractivity contribution in [3.8, 4) is 11.5 Å². The number of carbonyl (C=O) groups is 3. The number of benzene rings is 2. The second-order valence-electron chi connectivity index (χ2n) is 9.01. The zero-order valence-electron chi connectivity index (χ0n) is 20.6. The summed E-state index contributed by atoms with van der Waals surface area (Å²) in [7, 11) is 0. The van der Waals surface area contributed by atoms with Crippen LogP contribution in [0, 0.1) is 6.92 Å². The van der Waals surface area contributed by atoms with E-state index in [4.69, 9.17) is 9.47 Å². The van der Waals surface area contributed by atoms with Crippen LogP contribution in [0.15, 0.2) is 60.7 Å². The van der Waals surface area contributed by atoms with Crippen LogP contribution in [0.5, 0.6) is 11.5 Å². The van der Waals surface area contributed by atoms with Gasteiger partial charge in [0, 0.05) is 12.0 Å². The molecular formula is C28H24N2O7S. The summed E-state index contributed by atoms with van der Waals surface area (Å²) in [5, 5.41) is 21.3. The summed E-state index contributed by atoms with van der Waals surface area (Å²) in [6.07, 6.45) is 2.07. The summed E-state index contributed by atoms with van der Waals surface area (Å²) in [5.41, 5.74) is 1.92. The molecule has 0 bridgehead atoms. The van der Waals surface area contributed by atoms with Crippen molar-refractivity contribution >= 4 is 39.9 Å². The van der Waals surface area contributed by atoms with Gasteiger partial charge in [-0.25, -0.2) is 9.78 Å². The molecule has 2 atom stereocenters. The van der Waals surface area contributed by atoms with Crippen molar-refractivity contribution < 1.29 is 34.1 Å². The van der Waals surface area contributed by atoms with Crippen molar-refractivity contribution in [1.29, 1.82) is 0 Å². The van der Waals surface area contributed by atoms with Crippen molar-refractivity contribution in [3.05, 3.63) is 88.0 Å². The number of anilines is 1. The molecule has 1 amide bonds. The largest absolute Gasteiger partial charge is 0.508 e. The molecule has 0 aliphatic carbocycles.